The summed E-state index contributed by atoms with van der Waals surface area (Å²) in [5.41, 5.74) is 2.20. The van der Waals surface area contributed by atoms with Crippen LogP contribution in [0.25, 0.3) is 11.0 Å². The molecule has 0 atom stereocenters. The number of fused-ring (bicyclic) bond motifs is 1. The average molecular weight is 310 g/mol. The number of nitrogens with one attached hydrogen (secondary N) is 1. The SMILES string of the molecule is CCN1CCC(Cn2c(=S)[nH]c3ccc(Cl)cc32)CC1. The van der Waals surface area contributed by atoms with Gasteiger partial charge in [-0.2, -0.15) is 0 Å². The third kappa shape index (κ3) is 2.78. The Morgan fingerprint density at radius 3 is 2.80 bits per heavy atom. The summed E-state index contributed by atoms with van der Waals surface area (Å²) in [4.78, 5) is 5.79. The fourth-order valence-electron chi connectivity index (χ4n) is 3.05. The van der Waals surface area contributed by atoms with E-state index in [4.69, 9.17) is 23.8 Å². The molecule has 0 saturated carbocycles. The van der Waals surface area contributed by atoms with Crippen molar-refractivity contribution in [3.63, 3.8) is 0 Å². The van der Waals surface area contributed by atoms with Gasteiger partial charge in [0.2, 0.25) is 0 Å². The number of piperidine rings is 1. The van der Waals surface area contributed by atoms with E-state index < -0.39 is 0 Å². The Morgan fingerprint density at radius 2 is 2.10 bits per heavy atom. The molecule has 1 N–H and O–H groups in total. The van der Waals surface area contributed by atoms with E-state index in [0.29, 0.717) is 5.92 Å². The van der Waals surface area contributed by atoms with Gasteiger partial charge in [0.1, 0.15) is 0 Å². The second-order valence-electron chi connectivity index (χ2n) is 5.58. The first-order valence-electron chi connectivity index (χ1n) is 7.28. The number of likely N-dealkylation sites (tertiary alicyclic amines) is 1. The second-order valence-corrected chi connectivity index (χ2v) is 6.40. The van der Waals surface area contributed by atoms with Gasteiger partial charge in [-0.15, -0.1) is 0 Å². The van der Waals surface area contributed by atoms with Gasteiger partial charge in [0.25, 0.3) is 0 Å². The van der Waals surface area contributed by atoms with Gasteiger partial charge in [-0.1, -0.05) is 18.5 Å². The third-order valence-electron chi connectivity index (χ3n) is 4.33. The predicted octanol–water partition coefficient (Wildman–Crippen LogP) is 4.08. The monoisotopic (exact) mass is 309 g/mol. The van der Waals surface area contributed by atoms with Gasteiger partial charge in [-0.25, -0.2) is 0 Å². The molecule has 3 nitrogen and oxygen atoms in total. The largest absolute Gasteiger partial charge is 0.331 e. The maximum Gasteiger partial charge on any atom is 0.178 e. The predicted molar refractivity (Wildman–Crippen MR) is 87.0 cm³/mol. The van der Waals surface area contributed by atoms with E-state index in [2.05, 4.69) is 21.4 Å². The van der Waals surface area contributed by atoms with Crippen molar-refractivity contribution >= 4 is 34.9 Å². The topological polar surface area (TPSA) is 24.0 Å². The van der Waals surface area contributed by atoms with Crippen molar-refractivity contribution in [3.8, 4) is 0 Å². The summed E-state index contributed by atoms with van der Waals surface area (Å²) in [5, 5.41) is 0.765. The van der Waals surface area contributed by atoms with E-state index in [1.807, 2.05) is 18.2 Å². The zero-order valence-corrected chi connectivity index (χ0v) is 13.3. The fraction of sp³-hybridized carbons (Fsp3) is 0.533. The smallest absolute Gasteiger partial charge is 0.178 e. The fourth-order valence-corrected chi connectivity index (χ4v) is 3.50. The molecular weight excluding hydrogens is 290 g/mol. The van der Waals surface area contributed by atoms with Crippen LogP contribution in [-0.4, -0.2) is 34.1 Å². The van der Waals surface area contributed by atoms with E-state index in [-0.39, 0.29) is 0 Å². The molecule has 108 valence electrons. The number of hydrogen-bond donors (Lipinski definition) is 1. The first-order valence-corrected chi connectivity index (χ1v) is 8.06. The van der Waals surface area contributed by atoms with E-state index in [1.54, 1.807) is 0 Å². The zero-order chi connectivity index (χ0) is 14.1. The van der Waals surface area contributed by atoms with Crippen LogP contribution in [0.3, 0.4) is 0 Å². The quantitative estimate of drug-likeness (QED) is 0.864. The summed E-state index contributed by atoms with van der Waals surface area (Å²) in [7, 11) is 0. The van der Waals surface area contributed by atoms with Crippen LogP contribution >= 0.6 is 23.8 Å². The van der Waals surface area contributed by atoms with Gasteiger partial charge in [0, 0.05) is 11.6 Å². The zero-order valence-electron chi connectivity index (χ0n) is 11.7. The molecule has 0 bridgehead atoms. The molecule has 1 aliphatic rings. The Kier molecular flexibility index (Phi) is 4.15. The van der Waals surface area contributed by atoms with Gasteiger partial charge < -0.3 is 14.5 Å². The van der Waals surface area contributed by atoms with Crippen molar-refractivity contribution in [1.29, 1.82) is 0 Å². The molecule has 1 aliphatic heterocycles. The summed E-state index contributed by atoms with van der Waals surface area (Å²) >= 11 is 11.6. The highest BCUT2D eigenvalue weighted by Crippen LogP contribution is 2.24. The van der Waals surface area contributed by atoms with E-state index in [9.17, 15) is 0 Å². The highest BCUT2D eigenvalue weighted by Gasteiger charge is 2.19. The maximum absolute atomic E-state index is 6.11. The minimum Gasteiger partial charge on any atom is -0.331 e. The van der Waals surface area contributed by atoms with Crippen LogP contribution in [0.15, 0.2) is 18.2 Å². The van der Waals surface area contributed by atoms with Gasteiger partial charge in [-0.05, 0) is 68.8 Å². The Morgan fingerprint density at radius 1 is 1.35 bits per heavy atom. The lowest BCUT2D eigenvalue weighted by molar-refractivity contribution is 0.181. The van der Waals surface area contributed by atoms with Crippen molar-refractivity contribution in [3.05, 3.63) is 28.0 Å². The average Bonchev–Trinajstić information content (AvgIpc) is 2.76. The number of halogens is 1. The molecule has 0 spiro atoms. The molecule has 2 heterocycles. The molecule has 20 heavy (non-hydrogen) atoms. The third-order valence-corrected chi connectivity index (χ3v) is 4.89. The van der Waals surface area contributed by atoms with Crippen molar-refractivity contribution in [1.82, 2.24) is 14.5 Å². The molecule has 1 fully saturated rings. The highest BCUT2D eigenvalue weighted by atomic mass is 35.5. The minimum atomic E-state index is 0.711. The van der Waals surface area contributed by atoms with Gasteiger partial charge >= 0.3 is 0 Å². The summed E-state index contributed by atoms with van der Waals surface area (Å²) in [5.74, 6) is 0.711. The normalized spacial score (nSPS) is 17.9. The second kappa shape index (κ2) is 5.88. The number of nitrogens with zero attached hydrogens (tertiary/aromatic N) is 2. The van der Waals surface area contributed by atoms with Crippen LogP contribution < -0.4 is 0 Å². The van der Waals surface area contributed by atoms with Gasteiger partial charge in [-0.3, -0.25) is 0 Å². The lowest BCUT2D eigenvalue weighted by atomic mass is 9.97. The number of aromatic nitrogens is 2. The van der Waals surface area contributed by atoms with E-state index >= 15 is 0 Å². The molecule has 5 heteroatoms. The first-order chi connectivity index (χ1) is 9.67. The van der Waals surface area contributed by atoms with Gasteiger partial charge in [0.15, 0.2) is 4.77 Å². The number of benzene rings is 1. The van der Waals surface area contributed by atoms with Crippen LogP contribution in [0.4, 0.5) is 0 Å². The molecule has 2 aromatic rings. The molecule has 1 saturated heterocycles. The molecule has 1 aromatic heterocycles. The Hall–Kier alpha value is -0.840. The van der Waals surface area contributed by atoms with Crippen molar-refractivity contribution in [2.45, 2.75) is 26.3 Å². The Labute approximate surface area is 129 Å². The van der Waals surface area contributed by atoms with E-state index in [1.165, 1.54) is 25.9 Å². The molecule has 0 unspecified atom stereocenters. The number of H-pyrrole nitrogens is 1. The van der Waals surface area contributed by atoms with Crippen LogP contribution in [0.2, 0.25) is 5.02 Å². The molecule has 0 radical (unpaired) electrons. The summed E-state index contributed by atoms with van der Waals surface area (Å²) < 4.78 is 3.02. The minimum absolute atomic E-state index is 0.711. The van der Waals surface area contributed by atoms with Crippen molar-refractivity contribution < 1.29 is 0 Å². The summed E-state index contributed by atoms with van der Waals surface area (Å²) in [6.07, 6.45) is 2.51. The van der Waals surface area contributed by atoms with Crippen LogP contribution in [0.5, 0.6) is 0 Å². The standard InChI is InChI=1S/C15H20ClN3S/c1-2-18-7-5-11(6-8-18)10-19-14-9-12(16)3-4-13(14)17-15(19)20/h3-4,9,11H,2,5-8,10H2,1H3,(H,17,20). The van der Waals surface area contributed by atoms with Crippen LogP contribution in [0.1, 0.15) is 19.8 Å². The first kappa shape index (κ1) is 14.1. The van der Waals surface area contributed by atoms with Crippen molar-refractivity contribution in [2.24, 2.45) is 5.92 Å². The Bertz CT molecular complexity index is 653. The molecule has 3 rings (SSSR count). The number of hydrogen-bond acceptors (Lipinski definition) is 2. The number of aromatic amines is 1. The molecule has 0 amide bonds. The number of rotatable bonds is 3. The summed E-state index contributed by atoms with van der Waals surface area (Å²) in [6, 6.07) is 5.91. The maximum atomic E-state index is 6.11. The lowest BCUT2D eigenvalue weighted by Gasteiger charge is -2.31. The van der Waals surface area contributed by atoms with Crippen LogP contribution in [0, 0.1) is 10.7 Å². The van der Waals surface area contributed by atoms with Crippen molar-refractivity contribution in [2.75, 3.05) is 19.6 Å². The molecule has 0 aliphatic carbocycles. The van der Waals surface area contributed by atoms with Crippen LogP contribution in [-0.2, 0) is 6.54 Å². The summed E-state index contributed by atoms with van der Waals surface area (Å²) in [6.45, 7) is 6.80. The Balaban J connectivity index is 1.82. The molecular formula is C15H20ClN3S. The lowest BCUT2D eigenvalue weighted by Crippen LogP contribution is -2.34. The number of imidazole rings is 1. The molecule has 1 aromatic carbocycles. The highest BCUT2D eigenvalue weighted by molar-refractivity contribution is 7.71. The van der Waals surface area contributed by atoms with Gasteiger partial charge in [0.05, 0.1) is 11.0 Å². The van der Waals surface area contributed by atoms with E-state index in [0.717, 1.165) is 33.9 Å².